The molecular formula is C34H37N5O5. The van der Waals surface area contributed by atoms with E-state index in [1.54, 1.807) is 44.6 Å². The Balaban J connectivity index is 1.34. The first-order valence-corrected chi connectivity index (χ1v) is 14.4. The lowest BCUT2D eigenvalue weighted by atomic mass is 10.1. The smallest absolute Gasteiger partial charge is 0.323 e. The fourth-order valence-corrected chi connectivity index (χ4v) is 5.21. The zero-order valence-electron chi connectivity index (χ0n) is 25.1. The molecule has 3 amide bonds. The molecule has 44 heavy (non-hydrogen) atoms. The molecule has 1 aliphatic rings. The molecule has 1 heterocycles. The number of amides is 3. The fraction of sp³-hybridized carbons (Fsp3) is 0.235. The van der Waals surface area contributed by atoms with Gasteiger partial charge < -0.3 is 40.0 Å². The van der Waals surface area contributed by atoms with E-state index in [1.807, 2.05) is 54.6 Å². The molecule has 0 aromatic heterocycles. The van der Waals surface area contributed by atoms with Gasteiger partial charge in [-0.2, -0.15) is 0 Å². The summed E-state index contributed by atoms with van der Waals surface area (Å²) in [7, 11) is 4.76. The lowest BCUT2D eigenvalue weighted by Gasteiger charge is -2.38. The number of hydrogen-bond donors (Lipinski definition) is 3. The summed E-state index contributed by atoms with van der Waals surface area (Å²) >= 11 is 0. The summed E-state index contributed by atoms with van der Waals surface area (Å²) in [6, 6.07) is 27.8. The van der Waals surface area contributed by atoms with Crippen molar-refractivity contribution in [2.24, 2.45) is 0 Å². The van der Waals surface area contributed by atoms with E-state index in [-0.39, 0.29) is 5.91 Å². The molecule has 228 valence electrons. The molecule has 0 spiro atoms. The third kappa shape index (κ3) is 7.15. The predicted octanol–water partition coefficient (Wildman–Crippen LogP) is 5.61. The van der Waals surface area contributed by atoms with Gasteiger partial charge in [0.2, 0.25) is 0 Å². The third-order valence-electron chi connectivity index (χ3n) is 7.50. The Morgan fingerprint density at radius 2 is 1.36 bits per heavy atom. The summed E-state index contributed by atoms with van der Waals surface area (Å²) in [6.07, 6.45) is 0. The van der Waals surface area contributed by atoms with E-state index < -0.39 is 6.03 Å². The number of urea groups is 1. The van der Waals surface area contributed by atoms with Crippen LogP contribution in [0.25, 0.3) is 0 Å². The average molecular weight is 596 g/mol. The molecule has 0 radical (unpaired) electrons. The van der Waals surface area contributed by atoms with Gasteiger partial charge in [-0.25, -0.2) is 4.79 Å². The van der Waals surface area contributed by atoms with Crippen LogP contribution < -0.4 is 40.0 Å². The number of para-hydroxylation sites is 2. The van der Waals surface area contributed by atoms with E-state index in [0.29, 0.717) is 48.1 Å². The lowest BCUT2D eigenvalue weighted by Crippen LogP contribution is -2.47. The van der Waals surface area contributed by atoms with Crippen molar-refractivity contribution in [1.29, 1.82) is 0 Å². The van der Waals surface area contributed by atoms with Gasteiger partial charge in [0.05, 0.1) is 38.3 Å². The molecule has 0 saturated carbocycles. The second-order valence-corrected chi connectivity index (χ2v) is 10.2. The minimum absolute atomic E-state index is 0.225. The molecule has 5 rings (SSSR count). The standard InChI is InChI=1S/C34H37N5O5/c1-42-26-14-15-28(32(22-26)44-3)37-34(41)36-25-13-16-29(27(21-25)33(40)35-23-24-9-5-4-6-10-24)38-17-19-39(20-18-38)30-11-7-8-12-31(30)43-2/h4-16,21-22H,17-20,23H2,1-3H3,(H,35,40)(H2,36,37,41). The number of ether oxygens (including phenoxy) is 3. The second-order valence-electron chi connectivity index (χ2n) is 10.2. The molecule has 10 heteroatoms. The summed E-state index contributed by atoms with van der Waals surface area (Å²) < 4.78 is 16.2. The molecule has 3 N–H and O–H groups in total. The summed E-state index contributed by atoms with van der Waals surface area (Å²) in [5.41, 5.74) is 4.29. The molecule has 10 nitrogen and oxygen atoms in total. The van der Waals surface area contributed by atoms with Crippen LogP contribution in [0.1, 0.15) is 15.9 Å². The number of anilines is 4. The third-order valence-corrected chi connectivity index (χ3v) is 7.50. The largest absolute Gasteiger partial charge is 0.497 e. The number of carbonyl (C=O) groups is 2. The molecule has 1 aliphatic heterocycles. The number of methoxy groups -OCH3 is 3. The molecule has 0 aliphatic carbocycles. The van der Waals surface area contributed by atoms with Crippen LogP contribution in [0.4, 0.5) is 27.5 Å². The van der Waals surface area contributed by atoms with Crippen molar-refractivity contribution in [2.45, 2.75) is 6.54 Å². The quantitative estimate of drug-likeness (QED) is 0.219. The van der Waals surface area contributed by atoms with E-state index in [0.717, 1.165) is 35.8 Å². The SMILES string of the molecule is COc1ccc(NC(=O)Nc2ccc(N3CCN(c4ccccc4OC)CC3)c(C(=O)NCc3ccccc3)c2)c(OC)c1. The zero-order chi connectivity index (χ0) is 30.9. The molecule has 4 aromatic carbocycles. The van der Waals surface area contributed by atoms with Crippen LogP contribution in [0.15, 0.2) is 91.0 Å². The van der Waals surface area contributed by atoms with Crippen molar-refractivity contribution in [3.05, 3.63) is 102 Å². The lowest BCUT2D eigenvalue weighted by molar-refractivity contribution is 0.0951. The monoisotopic (exact) mass is 595 g/mol. The first-order chi connectivity index (χ1) is 21.5. The van der Waals surface area contributed by atoms with Crippen LogP contribution in [0.3, 0.4) is 0 Å². The Morgan fingerprint density at radius 3 is 2.07 bits per heavy atom. The maximum absolute atomic E-state index is 13.6. The molecular weight excluding hydrogens is 558 g/mol. The van der Waals surface area contributed by atoms with Gasteiger partial charge in [-0.1, -0.05) is 42.5 Å². The Bertz CT molecular complexity index is 1590. The zero-order valence-corrected chi connectivity index (χ0v) is 25.1. The van der Waals surface area contributed by atoms with Crippen LogP contribution >= 0.6 is 0 Å². The van der Waals surface area contributed by atoms with Gasteiger partial charge in [0.25, 0.3) is 5.91 Å². The minimum atomic E-state index is -0.470. The number of hydrogen-bond acceptors (Lipinski definition) is 7. The van der Waals surface area contributed by atoms with Crippen molar-refractivity contribution < 1.29 is 23.8 Å². The Hall–Kier alpha value is -5.38. The van der Waals surface area contributed by atoms with E-state index in [9.17, 15) is 9.59 Å². The molecule has 0 bridgehead atoms. The minimum Gasteiger partial charge on any atom is -0.497 e. The highest BCUT2D eigenvalue weighted by Crippen LogP contribution is 2.32. The number of piperazine rings is 1. The van der Waals surface area contributed by atoms with Gasteiger partial charge in [0.1, 0.15) is 17.2 Å². The van der Waals surface area contributed by atoms with Crippen molar-refractivity contribution in [2.75, 3.05) is 67.9 Å². The molecule has 1 fully saturated rings. The number of nitrogens with zero attached hydrogens (tertiary/aromatic N) is 2. The highest BCUT2D eigenvalue weighted by atomic mass is 16.5. The van der Waals surface area contributed by atoms with Crippen molar-refractivity contribution in [3.8, 4) is 17.2 Å². The Morgan fingerprint density at radius 1 is 0.682 bits per heavy atom. The maximum Gasteiger partial charge on any atom is 0.323 e. The van der Waals surface area contributed by atoms with E-state index in [4.69, 9.17) is 14.2 Å². The van der Waals surface area contributed by atoms with Gasteiger partial charge >= 0.3 is 6.03 Å². The van der Waals surface area contributed by atoms with Gasteiger partial charge in [-0.15, -0.1) is 0 Å². The first-order valence-electron chi connectivity index (χ1n) is 14.4. The Labute approximate surface area is 257 Å². The second kappa shape index (κ2) is 14.2. The van der Waals surface area contributed by atoms with Gasteiger partial charge in [-0.05, 0) is 48.0 Å². The van der Waals surface area contributed by atoms with Crippen LogP contribution in [0.2, 0.25) is 0 Å². The van der Waals surface area contributed by atoms with Gasteiger partial charge in [0.15, 0.2) is 0 Å². The van der Waals surface area contributed by atoms with Crippen molar-refractivity contribution in [1.82, 2.24) is 5.32 Å². The summed E-state index contributed by atoms with van der Waals surface area (Å²) in [5.74, 6) is 1.68. The van der Waals surface area contributed by atoms with E-state index in [1.165, 1.54) is 7.11 Å². The molecule has 0 atom stereocenters. The normalized spacial score (nSPS) is 12.7. The number of rotatable bonds is 10. The predicted molar refractivity (Wildman–Crippen MR) is 174 cm³/mol. The first kappa shape index (κ1) is 30.1. The average Bonchev–Trinajstić information content (AvgIpc) is 3.07. The van der Waals surface area contributed by atoms with E-state index in [2.05, 4.69) is 31.8 Å². The summed E-state index contributed by atoms with van der Waals surface area (Å²) in [5, 5.41) is 8.70. The van der Waals surface area contributed by atoms with Gasteiger partial charge in [-0.3, -0.25) is 4.79 Å². The molecule has 0 unspecified atom stereocenters. The number of carbonyl (C=O) groups excluding carboxylic acids is 2. The van der Waals surface area contributed by atoms with Crippen molar-refractivity contribution in [3.63, 3.8) is 0 Å². The number of nitrogens with one attached hydrogen (secondary N) is 3. The molecule has 4 aromatic rings. The summed E-state index contributed by atoms with van der Waals surface area (Å²) in [4.78, 5) is 31.1. The van der Waals surface area contributed by atoms with Crippen LogP contribution in [0.5, 0.6) is 17.2 Å². The Kier molecular flexibility index (Phi) is 9.71. The van der Waals surface area contributed by atoms with Crippen LogP contribution in [0, 0.1) is 0 Å². The fourth-order valence-electron chi connectivity index (χ4n) is 5.21. The highest BCUT2D eigenvalue weighted by molar-refractivity contribution is 6.04. The topological polar surface area (TPSA) is 104 Å². The van der Waals surface area contributed by atoms with Gasteiger partial charge in [0, 0.05) is 50.2 Å². The number of benzene rings is 4. The highest BCUT2D eigenvalue weighted by Gasteiger charge is 2.24. The van der Waals surface area contributed by atoms with E-state index >= 15 is 0 Å². The van der Waals surface area contributed by atoms with Crippen LogP contribution in [-0.4, -0.2) is 59.4 Å². The van der Waals surface area contributed by atoms with Crippen LogP contribution in [-0.2, 0) is 6.54 Å². The summed E-state index contributed by atoms with van der Waals surface area (Å²) in [6.45, 7) is 3.33. The molecule has 1 saturated heterocycles. The maximum atomic E-state index is 13.6. The van der Waals surface area contributed by atoms with Crippen molar-refractivity contribution >= 4 is 34.7 Å².